The van der Waals surface area contributed by atoms with E-state index in [2.05, 4.69) is 24.2 Å². The summed E-state index contributed by atoms with van der Waals surface area (Å²) in [5, 5.41) is 8.84. The summed E-state index contributed by atoms with van der Waals surface area (Å²) in [4.78, 5) is 17.8. The van der Waals surface area contributed by atoms with E-state index < -0.39 is 0 Å². The molecule has 124 valence electrons. The lowest BCUT2D eigenvalue weighted by molar-refractivity contribution is 0.102. The van der Waals surface area contributed by atoms with E-state index in [4.69, 9.17) is 4.52 Å². The summed E-state index contributed by atoms with van der Waals surface area (Å²) in [5.74, 6) is 1.42. The van der Waals surface area contributed by atoms with E-state index in [9.17, 15) is 4.79 Å². The van der Waals surface area contributed by atoms with Crippen LogP contribution < -0.4 is 5.32 Å². The van der Waals surface area contributed by atoms with E-state index in [1.807, 2.05) is 11.4 Å². The van der Waals surface area contributed by atoms with Gasteiger partial charge in [-0.15, -0.1) is 11.3 Å². The quantitative estimate of drug-likeness (QED) is 0.586. The molecule has 1 saturated carbocycles. The number of fused-ring (bicyclic) bond motifs is 1. The molecule has 9 heteroatoms. The normalized spacial score (nSPS) is 14.1. The molecule has 1 fully saturated rings. The number of hydrogen-bond acceptors (Lipinski definition) is 8. The van der Waals surface area contributed by atoms with Crippen LogP contribution in [0.5, 0.6) is 0 Å². The van der Waals surface area contributed by atoms with Crippen LogP contribution >= 0.6 is 23.1 Å². The third-order valence-electron chi connectivity index (χ3n) is 4.01. The van der Waals surface area contributed by atoms with Gasteiger partial charge in [-0.3, -0.25) is 4.79 Å². The number of thiophene rings is 1. The van der Waals surface area contributed by atoms with Crippen molar-refractivity contribution in [1.82, 2.24) is 18.9 Å². The van der Waals surface area contributed by atoms with Gasteiger partial charge < -0.3 is 9.84 Å². The molecular weight excluding hydrogens is 358 g/mol. The topological polar surface area (TPSA) is 93.8 Å². The third-order valence-corrected chi connectivity index (χ3v) is 5.47. The standard InChI is InChI=1S/C16H11N5O2S2/c22-15(9-3-4-10-12(7-9)21-25-20-10)17-11-5-6-24-13(11)16-18-14(19-23-16)8-1-2-8/h3-8H,1-2H2,(H,17,22). The first-order valence-electron chi connectivity index (χ1n) is 7.73. The fourth-order valence-electron chi connectivity index (χ4n) is 2.53. The molecule has 0 atom stereocenters. The zero-order valence-corrected chi connectivity index (χ0v) is 14.4. The number of nitrogens with one attached hydrogen (secondary N) is 1. The van der Waals surface area contributed by atoms with Gasteiger partial charge in [0.25, 0.3) is 11.8 Å². The first-order valence-corrected chi connectivity index (χ1v) is 9.34. The highest BCUT2D eigenvalue weighted by molar-refractivity contribution is 7.14. The number of carbonyl (C=O) groups excluding carboxylic acids is 1. The van der Waals surface area contributed by atoms with Crippen molar-refractivity contribution >= 4 is 45.7 Å². The second kappa shape index (κ2) is 5.71. The first kappa shape index (κ1) is 14.7. The van der Waals surface area contributed by atoms with E-state index in [1.165, 1.54) is 11.3 Å². The van der Waals surface area contributed by atoms with Crippen LogP contribution in [0.3, 0.4) is 0 Å². The van der Waals surface area contributed by atoms with Gasteiger partial charge in [0, 0.05) is 11.5 Å². The van der Waals surface area contributed by atoms with E-state index in [0.717, 1.165) is 40.8 Å². The molecule has 0 bridgehead atoms. The van der Waals surface area contributed by atoms with E-state index in [0.29, 0.717) is 28.6 Å². The first-order chi connectivity index (χ1) is 12.3. The summed E-state index contributed by atoms with van der Waals surface area (Å²) in [6, 6.07) is 7.10. The number of amides is 1. The zero-order valence-electron chi connectivity index (χ0n) is 12.8. The summed E-state index contributed by atoms with van der Waals surface area (Å²) in [6.45, 7) is 0. The summed E-state index contributed by atoms with van der Waals surface area (Å²) < 4.78 is 13.7. The van der Waals surface area contributed by atoms with Gasteiger partial charge in [-0.2, -0.15) is 13.7 Å². The van der Waals surface area contributed by atoms with Crippen LogP contribution in [0.15, 0.2) is 34.2 Å². The Morgan fingerprint density at radius 3 is 2.96 bits per heavy atom. The fourth-order valence-corrected chi connectivity index (χ4v) is 3.81. The average Bonchev–Trinajstić information content (AvgIpc) is 3.04. The lowest BCUT2D eigenvalue weighted by Crippen LogP contribution is -2.11. The van der Waals surface area contributed by atoms with Crippen molar-refractivity contribution in [3.05, 3.63) is 41.0 Å². The summed E-state index contributed by atoms with van der Waals surface area (Å²) in [7, 11) is 0. The minimum atomic E-state index is -0.212. The number of rotatable bonds is 4. The lowest BCUT2D eigenvalue weighted by Gasteiger charge is -2.04. The van der Waals surface area contributed by atoms with E-state index in [-0.39, 0.29) is 5.91 Å². The molecule has 5 rings (SSSR count). The highest BCUT2D eigenvalue weighted by atomic mass is 32.1. The molecule has 4 aromatic rings. The highest BCUT2D eigenvalue weighted by Gasteiger charge is 2.29. The van der Waals surface area contributed by atoms with Crippen molar-refractivity contribution in [2.75, 3.05) is 5.32 Å². The lowest BCUT2D eigenvalue weighted by atomic mass is 10.2. The molecule has 1 aromatic carbocycles. The Morgan fingerprint density at radius 1 is 1.20 bits per heavy atom. The Bertz CT molecular complexity index is 1080. The van der Waals surface area contributed by atoms with Crippen molar-refractivity contribution in [3.8, 4) is 10.8 Å². The molecule has 0 saturated heterocycles. The summed E-state index contributed by atoms with van der Waals surface area (Å²) in [6.07, 6.45) is 2.22. The highest BCUT2D eigenvalue weighted by Crippen LogP contribution is 2.40. The van der Waals surface area contributed by atoms with Crippen LogP contribution in [0.1, 0.15) is 34.9 Å². The van der Waals surface area contributed by atoms with Crippen molar-refractivity contribution in [2.24, 2.45) is 0 Å². The fraction of sp³-hybridized carbons (Fsp3) is 0.188. The number of carbonyl (C=O) groups is 1. The number of aromatic nitrogens is 4. The maximum Gasteiger partial charge on any atom is 0.270 e. The Balaban J connectivity index is 1.41. The minimum absolute atomic E-state index is 0.212. The van der Waals surface area contributed by atoms with Crippen LogP contribution in [-0.4, -0.2) is 24.8 Å². The maximum absolute atomic E-state index is 12.6. The molecule has 0 unspecified atom stereocenters. The molecule has 25 heavy (non-hydrogen) atoms. The largest absolute Gasteiger partial charge is 0.333 e. The summed E-state index contributed by atoms with van der Waals surface area (Å²) in [5.41, 5.74) is 2.70. The molecule has 7 nitrogen and oxygen atoms in total. The third kappa shape index (κ3) is 2.71. The predicted molar refractivity (Wildman–Crippen MR) is 95.0 cm³/mol. The molecular formula is C16H11N5O2S2. The molecule has 1 amide bonds. The van der Waals surface area contributed by atoms with Gasteiger partial charge in [0.1, 0.15) is 15.9 Å². The SMILES string of the molecule is O=C(Nc1ccsc1-c1nc(C2CC2)no1)c1ccc2nsnc2c1. The van der Waals surface area contributed by atoms with Gasteiger partial charge in [-0.1, -0.05) is 5.16 Å². The predicted octanol–water partition coefficient (Wildman–Crippen LogP) is 3.93. The van der Waals surface area contributed by atoms with Gasteiger partial charge in [-0.05, 0) is 42.5 Å². The van der Waals surface area contributed by atoms with Crippen molar-refractivity contribution in [3.63, 3.8) is 0 Å². The minimum Gasteiger partial charge on any atom is -0.333 e. The molecule has 1 N–H and O–H groups in total. The number of benzene rings is 1. The van der Waals surface area contributed by atoms with Gasteiger partial charge in [0.2, 0.25) is 0 Å². The van der Waals surface area contributed by atoms with E-state index >= 15 is 0 Å². The van der Waals surface area contributed by atoms with Gasteiger partial charge in [-0.25, -0.2) is 0 Å². The number of anilines is 1. The monoisotopic (exact) mass is 369 g/mol. The number of hydrogen-bond donors (Lipinski definition) is 1. The van der Waals surface area contributed by atoms with Crippen LogP contribution in [0.4, 0.5) is 5.69 Å². The Kier molecular flexibility index (Phi) is 3.35. The Hall–Kier alpha value is -2.65. The second-order valence-corrected chi connectivity index (χ2v) is 7.26. The molecule has 1 aliphatic carbocycles. The Morgan fingerprint density at radius 2 is 2.08 bits per heavy atom. The summed E-state index contributed by atoms with van der Waals surface area (Å²) >= 11 is 2.59. The van der Waals surface area contributed by atoms with Crippen LogP contribution in [0.25, 0.3) is 21.8 Å². The molecule has 3 aromatic heterocycles. The van der Waals surface area contributed by atoms with Crippen molar-refractivity contribution in [1.29, 1.82) is 0 Å². The molecule has 0 aliphatic heterocycles. The Labute approximate surface area is 150 Å². The molecule has 0 radical (unpaired) electrons. The van der Waals surface area contributed by atoms with Gasteiger partial charge >= 0.3 is 0 Å². The molecule has 0 spiro atoms. The maximum atomic E-state index is 12.6. The smallest absolute Gasteiger partial charge is 0.270 e. The molecule has 3 heterocycles. The molecule has 1 aliphatic rings. The second-order valence-electron chi connectivity index (χ2n) is 5.82. The van der Waals surface area contributed by atoms with Crippen LogP contribution in [-0.2, 0) is 0 Å². The van der Waals surface area contributed by atoms with Gasteiger partial charge in [0.15, 0.2) is 5.82 Å². The van der Waals surface area contributed by atoms with Crippen LogP contribution in [0, 0.1) is 0 Å². The van der Waals surface area contributed by atoms with Crippen molar-refractivity contribution in [2.45, 2.75) is 18.8 Å². The average molecular weight is 369 g/mol. The van der Waals surface area contributed by atoms with Crippen LogP contribution in [0.2, 0.25) is 0 Å². The van der Waals surface area contributed by atoms with E-state index in [1.54, 1.807) is 18.2 Å². The zero-order chi connectivity index (χ0) is 16.8. The van der Waals surface area contributed by atoms with Gasteiger partial charge in [0.05, 0.1) is 17.4 Å². The van der Waals surface area contributed by atoms with Crippen molar-refractivity contribution < 1.29 is 9.32 Å². The number of nitrogens with zero attached hydrogens (tertiary/aromatic N) is 4.